The van der Waals surface area contributed by atoms with Crippen LogP contribution >= 0.6 is 0 Å². The third kappa shape index (κ3) is 3.51. The highest BCUT2D eigenvalue weighted by molar-refractivity contribution is 5.90. The van der Waals surface area contributed by atoms with Gasteiger partial charge in [0.15, 0.2) is 11.5 Å². The van der Waals surface area contributed by atoms with E-state index in [-0.39, 0.29) is 17.8 Å². The summed E-state index contributed by atoms with van der Waals surface area (Å²) in [5.41, 5.74) is 4.48. The van der Waals surface area contributed by atoms with Gasteiger partial charge < -0.3 is 10.6 Å². The predicted molar refractivity (Wildman–Crippen MR) is 74.1 cm³/mol. The van der Waals surface area contributed by atoms with Gasteiger partial charge in [-0.1, -0.05) is 18.2 Å². The molecule has 0 saturated heterocycles. The van der Waals surface area contributed by atoms with E-state index in [1.807, 2.05) is 0 Å². The average molecular weight is 310 g/mol. The lowest BCUT2D eigenvalue weighted by Gasteiger charge is -2.20. The molecule has 5 nitrogen and oxygen atoms in total. The third-order valence-corrected chi connectivity index (χ3v) is 3.02. The molecule has 8 heteroatoms. The van der Waals surface area contributed by atoms with Gasteiger partial charge in [0, 0.05) is 13.6 Å². The smallest absolute Gasteiger partial charge is 0.364 e. The highest BCUT2D eigenvalue weighted by atomic mass is 19.4. The lowest BCUT2D eigenvalue weighted by atomic mass is 10.1. The topological polar surface area (TPSA) is 72.1 Å². The monoisotopic (exact) mass is 310 g/mol. The Morgan fingerprint density at radius 1 is 1.18 bits per heavy atom. The molecule has 0 aliphatic heterocycles. The fourth-order valence-electron chi connectivity index (χ4n) is 1.93. The average Bonchev–Trinajstić information content (AvgIpc) is 2.46. The Morgan fingerprint density at radius 2 is 1.86 bits per heavy atom. The van der Waals surface area contributed by atoms with E-state index in [1.165, 1.54) is 29.2 Å². The molecule has 2 rings (SSSR count). The highest BCUT2D eigenvalue weighted by Crippen LogP contribution is 2.32. The van der Waals surface area contributed by atoms with Crippen LogP contribution in [0.1, 0.15) is 21.6 Å². The molecule has 22 heavy (non-hydrogen) atoms. The van der Waals surface area contributed by atoms with Crippen LogP contribution < -0.4 is 10.6 Å². The number of carbonyl (C=O) groups excluding carboxylic acids is 1. The minimum Gasteiger partial charge on any atom is -0.364 e. The van der Waals surface area contributed by atoms with Crippen LogP contribution in [0.3, 0.4) is 0 Å². The van der Waals surface area contributed by atoms with Crippen molar-refractivity contribution in [3.8, 4) is 0 Å². The van der Waals surface area contributed by atoms with Crippen LogP contribution in [0.2, 0.25) is 0 Å². The molecule has 0 fully saturated rings. The second-order valence-electron chi connectivity index (χ2n) is 4.65. The molecule has 1 amide bonds. The maximum Gasteiger partial charge on any atom is 0.416 e. The van der Waals surface area contributed by atoms with Crippen molar-refractivity contribution < 1.29 is 18.0 Å². The standard InChI is InChI=1S/C14H13F3N4O/c1-21(12-7-6-11(13(18)22)19-20-12)8-9-4-2-3-5-10(9)14(15,16)17/h2-7H,8H2,1H3,(H2,18,22). The predicted octanol–water partition coefficient (Wildman–Crippen LogP) is 2.23. The number of nitrogens with zero attached hydrogens (tertiary/aromatic N) is 3. The van der Waals surface area contributed by atoms with Crippen molar-refractivity contribution in [3.63, 3.8) is 0 Å². The van der Waals surface area contributed by atoms with Crippen LogP contribution in [-0.4, -0.2) is 23.2 Å². The van der Waals surface area contributed by atoms with Crippen molar-refractivity contribution in [2.24, 2.45) is 5.73 Å². The maximum atomic E-state index is 12.9. The maximum absolute atomic E-state index is 12.9. The number of amides is 1. The lowest BCUT2D eigenvalue weighted by Crippen LogP contribution is -2.22. The van der Waals surface area contributed by atoms with Crippen LogP contribution in [0, 0.1) is 0 Å². The van der Waals surface area contributed by atoms with Gasteiger partial charge >= 0.3 is 6.18 Å². The van der Waals surface area contributed by atoms with Gasteiger partial charge in [0.2, 0.25) is 0 Å². The summed E-state index contributed by atoms with van der Waals surface area (Å²) >= 11 is 0. The van der Waals surface area contributed by atoms with E-state index in [1.54, 1.807) is 13.1 Å². The van der Waals surface area contributed by atoms with Gasteiger partial charge in [0.25, 0.3) is 5.91 Å². The number of carbonyl (C=O) groups is 1. The molecule has 2 N–H and O–H groups in total. The van der Waals surface area contributed by atoms with Gasteiger partial charge in [-0.05, 0) is 23.8 Å². The Hall–Kier alpha value is -2.64. The summed E-state index contributed by atoms with van der Waals surface area (Å²) in [6.45, 7) is 0.000279. The number of benzene rings is 1. The highest BCUT2D eigenvalue weighted by Gasteiger charge is 2.33. The Balaban J connectivity index is 2.22. The molecule has 0 spiro atoms. The van der Waals surface area contributed by atoms with Crippen LogP contribution in [0.5, 0.6) is 0 Å². The van der Waals surface area contributed by atoms with Crippen molar-refractivity contribution in [3.05, 3.63) is 53.2 Å². The van der Waals surface area contributed by atoms with Crippen LogP contribution in [0.15, 0.2) is 36.4 Å². The fourth-order valence-corrected chi connectivity index (χ4v) is 1.93. The molecule has 1 heterocycles. The number of hydrogen-bond acceptors (Lipinski definition) is 4. The molecular weight excluding hydrogens is 297 g/mol. The van der Waals surface area contributed by atoms with E-state index in [9.17, 15) is 18.0 Å². The summed E-state index contributed by atoms with van der Waals surface area (Å²) in [6, 6.07) is 8.17. The molecule has 0 unspecified atom stereocenters. The summed E-state index contributed by atoms with van der Waals surface area (Å²) in [5, 5.41) is 7.41. The van der Waals surface area contributed by atoms with E-state index >= 15 is 0 Å². The van der Waals surface area contributed by atoms with Crippen molar-refractivity contribution in [2.75, 3.05) is 11.9 Å². The van der Waals surface area contributed by atoms with Gasteiger partial charge in [0.05, 0.1) is 5.56 Å². The van der Waals surface area contributed by atoms with Crippen molar-refractivity contribution >= 4 is 11.7 Å². The summed E-state index contributed by atoms with van der Waals surface area (Å²) in [4.78, 5) is 12.4. The first kappa shape index (κ1) is 15.7. The Labute approximate surface area is 124 Å². The first-order valence-corrected chi connectivity index (χ1v) is 6.29. The zero-order valence-corrected chi connectivity index (χ0v) is 11.6. The molecule has 0 bridgehead atoms. The van der Waals surface area contributed by atoms with E-state index in [0.717, 1.165) is 6.07 Å². The second-order valence-corrected chi connectivity index (χ2v) is 4.65. The first-order chi connectivity index (χ1) is 10.3. The summed E-state index contributed by atoms with van der Waals surface area (Å²) < 4.78 is 38.8. The Morgan fingerprint density at radius 3 is 2.41 bits per heavy atom. The van der Waals surface area contributed by atoms with Gasteiger partial charge in [-0.2, -0.15) is 13.2 Å². The molecule has 0 saturated carbocycles. The Bertz CT molecular complexity index is 671. The van der Waals surface area contributed by atoms with Crippen LogP contribution in [0.25, 0.3) is 0 Å². The normalized spacial score (nSPS) is 11.3. The number of alkyl halides is 3. The number of anilines is 1. The minimum absolute atomic E-state index is 0.000279. The summed E-state index contributed by atoms with van der Waals surface area (Å²) in [6.07, 6.45) is -4.42. The van der Waals surface area contributed by atoms with Crippen molar-refractivity contribution in [1.29, 1.82) is 0 Å². The van der Waals surface area contributed by atoms with E-state index in [2.05, 4.69) is 10.2 Å². The van der Waals surface area contributed by atoms with Gasteiger partial charge in [-0.3, -0.25) is 4.79 Å². The zero-order valence-electron chi connectivity index (χ0n) is 11.6. The molecule has 0 aliphatic rings. The van der Waals surface area contributed by atoms with Crippen LogP contribution in [0.4, 0.5) is 19.0 Å². The molecule has 2 aromatic rings. The number of rotatable bonds is 4. The second kappa shape index (κ2) is 6.00. The van der Waals surface area contributed by atoms with Gasteiger partial charge in [-0.15, -0.1) is 10.2 Å². The molecule has 116 valence electrons. The molecule has 1 aromatic carbocycles. The van der Waals surface area contributed by atoms with Crippen LogP contribution in [-0.2, 0) is 12.7 Å². The van der Waals surface area contributed by atoms with Crippen molar-refractivity contribution in [1.82, 2.24) is 10.2 Å². The van der Waals surface area contributed by atoms with E-state index < -0.39 is 17.6 Å². The number of hydrogen-bond donors (Lipinski definition) is 1. The van der Waals surface area contributed by atoms with Gasteiger partial charge in [0.1, 0.15) is 0 Å². The largest absolute Gasteiger partial charge is 0.416 e. The first-order valence-electron chi connectivity index (χ1n) is 6.29. The van der Waals surface area contributed by atoms with Crippen molar-refractivity contribution in [2.45, 2.75) is 12.7 Å². The SMILES string of the molecule is CN(Cc1ccccc1C(F)(F)F)c1ccc(C(N)=O)nn1. The number of nitrogens with two attached hydrogens (primary N) is 1. The molecular formula is C14H13F3N4O. The summed E-state index contributed by atoms with van der Waals surface area (Å²) in [5.74, 6) is -0.383. The quantitative estimate of drug-likeness (QED) is 0.940. The third-order valence-electron chi connectivity index (χ3n) is 3.02. The zero-order chi connectivity index (χ0) is 16.3. The van der Waals surface area contributed by atoms with E-state index in [4.69, 9.17) is 5.73 Å². The fraction of sp³-hybridized carbons (Fsp3) is 0.214. The molecule has 0 aliphatic carbocycles. The number of halogens is 3. The lowest BCUT2D eigenvalue weighted by molar-refractivity contribution is -0.138. The van der Waals surface area contributed by atoms with E-state index in [0.29, 0.717) is 5.82 Å². The number of aromatic nitrogens is 2. The number of primary amides is 1. The minimum atomic E-state index is -4.42. The molecule has 0 atom stereocenters. The molecule has 0 radical (unpaired) electrons. The molecule has 1 aromatic heterocycles. The van der Waals surface area contributed by atoms with Gasteiger partial charge in [-0.25, -0.2) is 0 Å². The summed E-state index contributed by atoms with van der Waals surface area (Å²) in [7, 11) is 1.58. The Kier molecular flexibility index (Phi) is 4.30.